The second-order valence-electron chi connectivity index (χ2n) is 7.10. The van der Waals surface area contributed by atoms with Gasteiger partial charge in [-0.05, 0) is 43.2 Å². The summed E-state index contributed by atoms with van der Waals surface area (Å²) in [7, 11) is 0. The zero-order valence-electron chi connectivity index (χ0n) is 14.2. The number of aromatic amines is 1. The molecule has 1 saturated heterocycles. The molecular weight excluding hydrogens is 330 g/mol. The Kier molecular flexibility index (Phi) is 3.55. The van der Waals surface area contributed by atoms with E-state index in [1.165, 1.54) is 12.8 Å². The highest BCUT2D eigenvalue weighted by Gasteiger charge is 2.29. The van der Waals surface area contributed by atoms with Gasteiger partial charge < -0.3 is 10.2 Å². The second kappa shape index (κ2) is 6.05. The number of amides is 1. The molecule has 1 aliphatic carbocycles. The lowest BCUT2D eigenvalue weighted by Gasteiger charge is -2.39. The van der Waals surface area contributed by atoms with Crippen molar-refractivity contribution in [2.45, 2.75) is 18.8 Å². The SMILES string of the molecule is O=C(NCC1CN(c2ccc(C3CC3)nn2)C1)c1ccc2n[nH]nc2c1. The number of carbonyl (C=O) groups excluding carboxylic acids is 1. The standard InChI is InChI=1S/C18H19N7O/c26-18(13-3-4-15-16(7-13)22-24-21-15)19-8-11-9-25(10-11)17-6-5-14(20-23-17)12-1-2-12/h3-7,11-12H,1-2,8-10H2,(H,19,26)(H,21,22,24). The summed E-state index contributed by atoms with van der Waals surface area (Å²) >= 11 is 0. The highest BCUT2D eigenvalue weighted by molar-refractivity contribution is 5.97. The molecule has 2 fully saturated rings. The number of rotatable bonds is 5. The highest BCUT2D eigenvalue weighted by atomic mass is 16.1. The van der Waals surface area contributed by atoms with Gasteiger partial charge in [0.15, 0.2) is 5.82 Å². The Morgan fingerprint density at radius 2 is 1.96 bits per heavy atom. The van der Waals surface area contributed by atoms with Crippen molar-refractivity contribution in [3.8, 4) is 0 Å². The van der Waals surface area contributed by atoms with Gasteiger partial charge in [-0.15, -0.1) is 5.10 Å². The Balaban J connectivity index is 1.13. The first-order valence-corrected chi connectivity index (χ1v) is 8.93. The molecule has 1 amide bonds. The van der Waals surface area contributed by atoms with E-state index in [0.29, 0.717) is 29.5 Å². The van der Waals surface area contributed by atoms with Crippen LogP contribution in [0.2, 0.25) is 0 Å². The van der Waals surface area contributed by atoms with Crippen LogP contribution < -0.4 is 10.2 Å². The van der Waals surface area contributed by atoms with Crippen molar-refractivity contribution in [2.75, 3.05) is 24.5 Å². The van der Waals surface area contributed by atoms with Crippen molar-refractivity contribution >= 4 is 22.8 Å². The molecule has 0 bridgehead atoms. The molecule has 8 nitrogen and oxygen atoms in total. The van der Waals surface area contributed by atoms with Gasteiger partial charge in [0.1, 0.15) is 11.0 Å². The summed E-state index contributed by atoms with van der Waals surface area (Å²) in [5, 5.41) is 22.2. The summed E-state index contributed by atoms with van der Waals surface area (Å²) in [5.41, 5.74) is 3.16. The van der Waals surface area contributed by atoms with E-state index in [1.807, 2.05) is 0 Å². The predicted molar refractivity (Wildman–Crippen MR) is 95.9 cm³/mol. The Morgan fingerprint density at radius 3 is 2.73 bits per heavy atom. The minimum absolute atomic E-state index is 0.0815. The first-order chi connectivity index (χ1) is 12.8. The first-order valence-electron chi connectivity index (χ1n) is 8.93. The molecule has 2 aliphatic rings. The molecule has 1 aromatic carbocycles. The van der Waals surface area contributed by atoms with E-state index < -0.39 is 0 Å². The zero-order chi connectivity index (χ0) is 17.5. The molecule has 3 heterocycles. The quantitative estimate of drug-likeness (QED) is 0.724. The van der Waals surface area contributed by atoms with Crippen LogP contribution >= 0.6 is 0 Å². The van der Waals surface area contributed by atoms with Crippen molar-refractivity contribution in [3.05, 3.63) is 41.6 Å². The first kappa shape index (κ1) is 15.2. The van der Waals surface area contributed by atoms with Crippen LogP contribution in [-0.4, -0.2) is 51.1 Å². The number of anilines is 1. The number of hydrogen-bond donors (Lipinski definition) is 2. The molecule has 26 heavy (non-hydrogen) atoms. The topological polar surface area (TPSA) is 99.7 Å². The van der Waals surface area contributed by atoms with Crippen molar-refractivity contribution in [1.82, 2.24) is 30.9 Å². The van der Waals surface area contributed by atoms with Crippen LogP contribution in [0, 0.1) is 5.92 Å². The summed E-state index contributed by atoms with van der Waals surface area (Å²) in [4.78, 5) is 14.5. The van der Waals surface area contributed by atoms with E-state index in [2.05, 4.69) is 48.0 Å². The van der Waals surface area contributed by atoms with Crippen LogP contribution in [0.25, 0.3) is 11.0 Å². The van der Waals surface area contributed by atoms with E-state index in [4.69, 9.17) is 0 Å². The van der Waals surface area contributed by atoms with E-state index in [-0.39, 0.29) is 5.91 Å². The Labute approximate surface area is 150 Å². The molecule has 1 aliphatic heterocycles. The maximum atomic E-state index is 12.3. The normalized spacial score (nSPS) is 17.3. The van der Waals surface area contributed by atoms with Gasteiger partial charge in [0.25, 0.3) is 5.91 Å². The van der Waals surface area contributed by atoms with Gasteiger partial charge in [0.05, 0.1) is 5.69 Å². The molecular formula is C18H19N7O. The highest BCUT2D eigenvalue weighted by Crippen LogP contribution is 2.38. The van der Waals surface area contributed by atoms with Crippen LogP contribution in [0.5, 0.6) is 0 Å². The Bertz CT molecular complexity index is 942. The summed E-state index contributed by atoms with van der Waals surface area (Å²) in [5.74, 6) is 1.90. The van der Waals surface area contributed by atoms with Crippen molar-refractivity contribution in [3.63, 3.8) is 0 Å². The van der Waals surface area contributed by atoms with E-state index in [1.54, 1.807) is 18.2 Å². The van der Waals surface area contributed by atoms with Crippen LogP contribution in [0.4, 0.5) is 5.82 Å². The summed E-state index contributed by atoms with van der Waals surface area (Å²) in [6, 6.07) is 9.46. The van der Waals surface area contributed by atoms with Crippen LogP contribution in [0.15, 0.2) is 30.3 Å². The van der Waals surface area contributed by atoms with Crippen molar-refractivity contribution < 1.29 is 4.79 Å². The van der Waals surface area contributed by atoms with Crippen LogP contribution in [-0.2, 0) is 0 Å². The number of aromatic nitrogens is 5. The lowest BCUT2D eigenvalue weighted by molar-refractivity contribution is 0.0944. The fourth-order valence-electron chi connectivity index (χ4n) is 3.31. The van der Waals surface area contributed by atoms with Crippen molar-refractivity contribution in [2.24, 2.45) is 5.92 Å². The lowest BCUT2D eigenvalue weighted by Crippen LogP contribution is -2.51. The minimum atomic E-state index is -0.0815. The van der Waals surface area contributed by atoms with Crippen molar-refractivity contribution in [1.29, 1.82) is 0 Å². The maximum absolute atomic E-state index is 12.3. The van der Waals surface area contributed by atoms with E-state index in [0.717, 1.165) is 30.1 Å². The average molecular weight is 349 g/mol. The largest absolute Gasteiger partial charge is 0.354 e. The molecule has 2 N–H and O–H groups in total. The average Bonchev–Trinajstić information content (AvgIpc) is 3.37. The van der Waals surface area contributed by atoms with Gasteiger partial charge in [-0.25, -0.2) is 0 Å². The second-order valence-corrected chi connectivity index (χ2v) is 7.10. The molecule has 8 heteroatoms. The Morgan fingerprint density at radius 1 is 1.12 bits per heavy atom. The number of benzene rings is 1. The van der Waals surface area contributed by atoms with Gasteiger partial charge in [0, 0.05) is 37.0 Å². The lowest BCUT2D eigenvalue weighted by atomic mass is 10.00. The molecule has 3 aromatic rings. The number of carbonyl (C=O) groups is 1. The van der Waals surface area contributed by atoms with E-state index >= 15 is 0 Å². The van der Waals surface area contributed by atoms with Gasteiger partial charge in [-0.2, -0.15) is 20.5 Å². The molecule has 132 valence electrons. The van der Waals surface area contributed by atoms with Gasteiger partial charge in [-0.1, -0.05) is 0 Å². The third-order valence-corrected chi connectivity index (χ3v) is 5.08. The van der Waals surface area contributed by atoms with E-state index in [9.17, 15) is 4.79 Å². The summed E-state index contributed by atoms with van der Waals surface area (Å²) in [6.45, 7) is 2.43. The predicted octanol–water partition coefficient (Wildman–Crippen LogP) is 1.49. The summed E-state index contributed by atoms with van der Waals surface area (Å²) < 4.78 is 0. The number of hydrogen-bond acceptors (Lipinski definition) is 6. The molecule has 0 spiro atoms. The molecule has 0 atom stereocenters. The fourth-order valence-corrected chi connectivity index (χ4v) is 3.31. The number of fused-ring (bicyclic) bond motifs is 1. The van der Waals surface area contributed by atoms with Crippen LogP contribution in [0.3, 0.4) is 0 Å². The number of H-pyrrole nitrogens is 1. The molecule has 2 aromatic heterocycles. The minimum Gasteiger partial charge on any atom is -0.354 e. The summed E-state index contributed by atoms with van der Waals surface area (Å²) in [6.07, 6.45) is 2.48. The molecule has 5 rings (SSSR count). The maximum Gasteiger partial charge on any atom is 0.251 e. The zero-order valence-corrected chi connectivity index (χ0v) is 14.2. The Hall–Kier alpha value is -3.03. The smallest absolute Gasteiger partial charge is 0.251 e. The number of nitrogens with zero attached hydrogens (tertiary/aromatic N) is 5. The number of nitrogens with one attached hydrogen (secondary N) is 2. The third-order valence-electron chi connectivity index (χ3n) is 5.08. The van der Waals surface area contributed by atoms with Gasteiger partial charge in [-0.3, -0.25) is 4.79 Å². The fraction of sp³-hybridized carbons (Fsp3) is 0.389. The monoisotopic (exact) mass is 349 g/mol. The van der Waals surface area contributed by atoms with Gasteiger partial charge >= 0.3 is 0 Å². The third kappa shape index (κ3) is 2.87. The molecule has 0 unspecified atom stereocenters. The van der Waals surface area contributed by atoms with Crippen LogP contribution in [0.1, 0.15) is 34.8 Å². The molecule has 1 saturated carbocycles. The molecule has 0 radical (unpaired) electrons. The van der Waals surface area contributed by atoms with Gasteiger partial charge in [0.2, 0.25) is 0 Å².